The number of hydrogen-bond acceptors (Lipinski definition) is 3. The average molecular weight is 343 g/mol. The zero-order valence-electron chi connectivity index (χ0n) is 14.0. The second kappa shape index (κ2) is 7.06. The number of H-pyrrole nitrogens is 1. The van der Waals surface area contributed by atoms with E-state index in [0.29, 0.717) is 17.9 Å². The molecule has 2 heterocycles. The zero-order valence-corrected chi connectivity index (χ0v) is 14.0. The Bertz CT molecular complexity index is 1010. The van der Waals surface area contributed by atoms with Crippen LogP contribution in [-0.4, -0.2) is 25.7 Å². The molecular formula is C20H17N5O. The van der Waals surface area contributed by atoms with Gasteiger partial charge in [0.25, 0.3) is 5.91 Å². The maximum atomic E-state index is 12.6. The minimum Gasteiger partial charge on any atom is -0.345 e. The Balaban J connectivity index is 1.48. The van der Waals surface area contributed by atoms with E-state index < -0.39 is 0 Å². The third kappa shape index (κ3) is 3.25. The van der Waals surface area contributed by atoms with Gasteiger partial charge < -0.3 is 10.3 Å². The van der Waals surface area contributed by atoms with Crippen LogP contribution >= 0.6 is 0 Å². The molecule has 2 N–H and O–H groups in total. The van der Waals surface area contributed by atoms with E-state index in [0.717, 1.165) is 16.9 Å². The fraction of sp³-hybridized carbons (Fsp3) is 0.0500. The zero-order chi connectivity index (χ0) is 17.8. The number of aromatic amines is 1. The maximum Gasteiger partial charge on any atom is 0.253 e. The van der Waals surface area contributed by atoms with Crippen LogP contribution in [0.2, 0.25) is 0 Å². The van der Waals surface area contributed by atoms with E-state index in [1.165, 1.54) is 0 Å². The SMILES string of the molecule is O=C(NCc1ncc(-c2ccccc2)[nH]1)c1ccccc1-n1cccn1. The number of nitrogens with one attached hydrogen (secondary N) is 2. The van der Waals surface area contributed by atoms with Crippen LogP contribution in [0.1, 0.15) is 16.2 Å². The van der Waals surface area contributed by atoms with E-state index in [4.69, 9.17) is 0 Å². The Morgan fingerprint density at radius 1 is 1.04 bits per heavy atom. The van der Waals surface area contributed by atoms with Crippen molar-refractivity contribution in [1.29, 1.82) is 0 Å². The van der Waals surface area contributed by atoms with Gasteiger partial charge in [-0.15, -0.1) is 0 Å². The third-order valence-electron chi connectivity index (χ3n) is 4.03. The minimum atomic E-state index is -0.172. The van der Waals surface area contributed by atoms with Gasteiger partial charge in [0.1, 0.15) is 5.82 Å². The first-order valence-electron chi connectivity index (χ1n) is 8.28. The summed E-state index contributed by atoms with van der Waals surface area (Å²) in [5.74, 6) is 0.530. The van der Waals surface area contributed by atoms with Crippen molar-refractivity contribution in [3.05, 3.63) is 90.6 Å². The van der Waals surface area contributed by atoms with Crippen LogP contribution in [-0.2, 0) is 6.54 Å². The molecule has 0 atom stereocenters. The van der Waals surface area contributed by atoms with E-state index in [2.05, 4.69) is 20.4 Å². The average Bonchev–Trinajstić information content (AvgIpc) is 3.39. The fourth-order valence-corrected chi connectivity index (χ4v) is 2.75. The van der Waals surface area contributed by atoms with Crippen LogP contribution < -0.4 is 5.32 Å². The van der Waals surface area contributed by atoms with Crippen molar-refractivity contribution in [2.24, 2.45) is 0 Å². The van der Waals surface area contributed by atoms with Crippen molar-refractivity contribution >= 4 is 5.91 Å². The number of imidazole rings is 1. The first-order chi connectivity index (χ1) is 12.8. The number of benzene rings is 2. The monoisotopic (exact) mass is 343 g/mol. The van der Waals surface area contributed by atoms with E-state index in [-0.39, 0.29) is 5.91 Å². The highest BCUT2D eigenvalue weighted by atomic mass is 16.1. The molecule has 4 aromatic rings. The van der Waals surface area contributed by atoms with Gasteiger partial charge in [0.2, 0.25) is 0 Å². The van der Waals surface area contributed by atoms with Crippen molar-refractivity contribution in [1.82, 2.24) is 25.1 Å². The normalized spacial score (nSPS) is 10.6. The number of aromatic nitrogens is 4. The van der Waals surface area contributed by atoms with Crippen LogP contribution in [0.5, 0.6) is 0 Å². The lowest BCUT2D eigenvalue weighted by Crippen LogP contribution is -2.24. The predicted octanol–water partition coefficient (Wildman–Crippen LogP) is 3.19. The van der Waals surface area contributed by atoms with Gasteiger partial charge in [-0.3, -0.25) is 4.79 Å². The smallest absolute Gasteiger partial charge is 0.253 e. The van der Waals surface area contributed by atoms with E-state index in [1.54, 1.807) is 23.1 Å². The topological polar surface area (TPSA) is 75.6 Å². The van der Waals surface area contributed by atoms with Crippen LogP contribution in [0, 0.1) is 0 Å². The van der Waals surface area contributed by atoms with Gasteiger partial charge in [0.15, 0.2) is 0 Å². The Kier molecular flexibility index (Phi) is 4.30. The summed E-state index contributed by atoms with van der Waals surface area (Å²) in [7, 11) is 0. The van der Waals surface area contributed by atoms with E-state index in [9.17, 15) is 4.79 Å². The number of hydrogen-bond donors (Lipinski definition) is 2. The largest absolute Gasteiger partial charge is 0.345 e. The van der Waals surface area contributed by atoms with Gasteiger partial charge in [0.05, 0.1) is 29.7 Å². The van der Waals surface area contributed by atoms with Gasteiger partial charge in [-0.1, -0.05) is 42.5 Å². The Morgan fingerprint density at radius 2 is 1.85 bits per heavy atom. The van der Waals surface area contributed by atoms with E-state index >= 15 is 0 Å². The molecule has 4 rings (SSSR count). The summed E-state index contributed by atoms with van der Waals surface area (Å²) in [4.78, 5) is 20.2. The molecule has 0 bridgehead atoms. The quantitative estimate of drug-likeness (QED) is 0.584. The lowest BCUT2D eigenvalue weighted by molar-refractivity contribution is 0.0950. The van der Waals surface area contributed by atoms with Crippen molar-refractivity contribution in [3.63, 3.8) is 0 Å². The molecule has 0 fully saturated rings. The number of amides is 1. The first-order valence-corrected chi connectivity index (χ1v) is 8.28. The molecule has 1 amide bonds. The van der Waals surface area contributed by atoms with Crippen molar-refractivity contribution in [2.45, 2.75) is 6.54 Å². The Morgan fingerprint density at radius 3 is 2.65 bits per heavy atom. The summed E-state index contributed by atoms with van der Waals surface area (Å²) in [6, 6.07) is 19.1. The highest BCUT2D eigenvalue weighted by Gasteiger charge is 2.13. The molecule has 0 radical (unpaired) electrons. The van der Waals surface area contributed by atoms with Gasteiger partial charge in [-0.05, 0) is 23.8 Å². The molecule has 0 aliphatic rings. The maximum absolute atomic E-state index is 12.6. The summed E-state index contributed by atoms with van der Waals surface area (Å²) in [6.07, 6.45) is 5.27. The van der Waals surface area contributed by atoms with Gasteiger partial charge in [-0.25, -0.2) is 9.67 Å². The molecule has 6 nitrogen and oxygen atoms in total. The van der Waals surface area contributed by atoms with Crippen molar-refractivity contribution < 1.29 is 4.79 Å². The van der Waals surface area contributed by atoms with Crippen LogP contribution in [0.3, 0.4) is 0 Å². The van der Waals surface area contributed by atoms with Crippen LogP contribution in [0.25, 0.3) is 16.9 Å². The number of rotatable bonds is 5. The van der Waals surface area contributed by atoms with Gasteiger partial charge in [-0.2, -0.15) is 5.10 Å². The van der Waals surface area contributed by atoms with E-state index in [1.807, 2.05) is 60.8 Å². The van der Waals surface area contributed by atoms with Crippen LogP contribution in [0.15, 0.2) is 79.3 Å². The highest BCUT2D eigenvalue weighted by Crippen LogP contribution is 2.16. The summed E-state index contributed by atoms with van der Waals surface area (Å²) < 4.78 is 1.68. The van der Waals surface area contributed by atoms with Gasteiger partial charge >= 0.3 is 0 Å². The molecule has 2 aromatic carbocycles. The number of carbonyl (C=O) groups is 1. The summed E-state index contributed by atoms with van der Waals surface area (Å²) >= 11 is 0. The second-order valence-electron chi connectivity index (χ2n) is 5.76. The number of nitrogens with zero attached hydrogens (tertiary/aromatic N) is 3. The molecule has 0 saturated heterocycles. The molecule has 0 saturated carbocycles. The second-order valence-corrected chi connectivity index (χ2v) is 5.76. The fourth-order valence-electron chi connectivity index (χ4n) is 2.75. The highest BCUT2D eigenvalue weighted by molar-refractivity contribution is 5.97. The van der Waals surface area contributed by atoms with Gasteiger partial charge in [0, 0.05) is 12.4 Å². The molecule has 0 aliphatic carbocycles. The molecule has 0 unspecified atom stereocenters. The molecular weight excluding hydrogens is 326 g/mol. The van der Waals surface area contributed by atoms with Crippen molar-refractivity contribution in [3.8, 4) is 16.9 Å². The Hall–Kier alpha value is -3.67. The summed E-state index contributed by atoms with van der Waals surface area (Å²) in [6.45, 7) is 0.319. The molecule has 0 aliphatic heterocycles. The molecule has 6 heteroatoms. The lowest BCUT2D eigenvalue weighted by Gasteiger charge is -2.09. The Labute approximate surface area is 150 Å². The molecule has 128 valence electrons. The summed E-state index contributed by atoms with van der Waals surface area (Å²) in [5.41, 5.74) is 3.28. The first kappa shape index (κ1) is 15.8. The predicted molar refractivity (Wildman–Crippen MR) is 98.8 cm³/mol. The molecule has 2 aromatic heterocycles. The molecule has 0 spiro atoms. The van der Waals surface area contributed by atoms with Crippen molar-refractivity contribution in [2.75, 3.05) is 0 Å². The standard InChI is InChI=1S/C20H17N5O/c26-20(16-9-4-5-10-18(16)25-12-6-11-23-25)22-14-19-21-13-17(24-19)15-7-2-1-3-8-15/h1-13H,14H2,(H,21,24)(H,22,26). The number of para-hydroxylation sites is 1. The minimum absolute atomic E-state index is 0.172. The third-order valence-corrected chi connectivity index (χ3v) is 4.03. The number of carbonyl (C=O) groups excluding carboxylic acids is 1. The lowest BCUT2D eigenvalue weighted by atomic mass is 10.1. The molecule has 26 heavy (non-hydrogen) atoms. The van der Waals surface area contributed by atoms with Crippen LogP contribution in [0.4, 0.5) is 0 Å². The summed E-state index contributed by atoms with van der Waals surface area (Å²) in [5, 5.41) is 7.11.